The second-order valence-electron chi connectivity index (χ2n) is 3.46. The lowest BCUT2D eigenvalue weighted by Crippen LogP contribution is -2.13. The average molecular weight is 262 g/mol. The second kappa shape index (κ2) is 3.55. The highest BCUT2D eigenvalue weighted by Gasteiger charge is 2.24. The Balaban J connectivity index is 2.17. The third-order valence-electron chi connectivity index (χ3n) is 2.37. The molecule has 0 bridgehead atoms. The lowest BCUT2D eigenvalue weighted by atomic mass is 10.1. The van der Waals surface area contributed by atoms with E-state index in [-0.39, 0.29) is 0 Å². The van der Waals surface area contributed by atoms with Crippen LogP contribution >= 0.6 is 27.3 Å². The summed E-state index contributed by atoms with van der Waals surface area (Å²) >= 11 is 5.06. The minimum atomic E-state index is 0.587. The molecule has 0 amide bonds. The summed E-state index contributed by atoms with van der Waals surface area (Å²) in [4.78, 5) is 6.68. The van der Waals surface area contributed by atoms with E-state index < -0.39 is 0 Å². The van der Waals surface area contributed by atoms with Crippen molar-refractivity contribution in [3.63, 3.8) is 0 Å². The molecule has 0 spiro atoms. The zero-order chi connectivity index (χ0) is 9.42. The van der Waals surface area contributed by atoms with Crippen LogP contribution in [0.1, 0.15) is 17.3 Å². The maximum atomic E-state index is 5.68. The Hall–Kier alpha value is -0.130. The summed E-state index contributed by atoms with van der Waals surface area (Å²) in [6, 6.07) is 0. The minimum absolute atomic E-state index is 0.587. The van der Waals surface area contributed by atoms with Gasteiger partial charge in [0.2, 0.25) is 0 Å². The molecular weight excluding hydrogens is 250 g/mol. The molecule has 5 heteroatoms. The molecular formula is C8H12BrN3S. The molecule has 2 N–H and O–H groups in total. The van der Waals surface area contributed by atoms with Gasteiger partial charge in [-0.2, -0.15) is 0 Å². The Labute approximate surface area is 90.1 Å². The Morgan fingerprint density at radius 3 is 2.92 bits per heavy atom. The third-order valence-corrected chi connectivity index (χ3v) is 4.28. The van der Waals surface area contributed by atoms with E-state index in [9.17, 15) is 0 Å². The molecule has 2 heterocycles. The molecule has 13 heavy (non-hydrogen) atoms. The van der Waals surface area contributed by atoms with Gasteiger partial charge in [0.15, 0.2) is 0 Å². The molecule has 1 aromatic rings. The van der Waals surface area contributed by atoms with Crippen LogP contribution in [0.15, 0.2) is 3.79 Å². The first kappa shape index (κ1) is 9.43. The number of nitrogens with zero attached hydrogens (tertiary/aromatic N) is 2. The molecule has 1 aliphatic rings. The van der Waals surface area contributed by atoms with Crippen LogP contribution in [0.3, 0.4) is 0 Å². The normalized spacial score (nSPS) is 24.0. The van der Waals surface area contributed by atoms with Crippen molar-refractivity contribution in [3.8, 4) is 0 Å². The van der Waals surface area contributed by atoms with Crippen LogP contribution in [0.4, 0.5) is 5.82 Å². The summed E-state index contributed by atoms with van der Waals surface area (Å²) in [5.74, 6) is 1.22. The molecule has 1 unspecified atom stereocenters. The highest BCUT2D eigenvalue weighted by atomic mass is 79.9. The first-order chi connectivity index (χ1) is 6.16. The average Bonchev–Trinajstić information content (AvgIpc) is 2.61. The molecule has 1 saturated heterocycles. The summed E-state index contributed by atoms with van der Waals surface area (Å²) in [6.45, 7) is 2.28. The van der Waals surface area contributed by atoms with Crippen LogP contribution in [0, 0.1) is 0 Å². The van der Waals surface area contributed by atoms with Crippen LogP contribution in [-0.2, 0) is 0 Å². The molecule has 2 rings (SSSR count). The van der Waals surface area contributed by atoms with E-state index in [4.69, 9.17) is 5.73 Å². The summed E-state index contributed by atoms with van der Waals surface area (Å²) < 4.78 is 0.969. The summed E-state index contributed by atoms with van der Waals surface area (Å²) in [5.41, 5.74) is 5.68. The predicted molar refractivity (Wildman–Crippen MR) is 59.1 cm³/mol. The predicted octanol–water partition coefficient (Wildman–Crippen LogP) is 1.91. The smallest absolute Gasteiger partial charge is 0.149 e. The number of likely N-dealkylation sites (tertiary alicyclic amines) is 1. The van der Waals surface area contributed by atoms with Gasteiger partial charge < -0.3 is 10.6 Å². The Morgan fingerprint density at radius 2 is 2.46 bits per heavy atom. The quantitative estimate of drug-likeness (QED) is 0.840. The Morgan fingerprint density at radius 1 is 1.69 bits per heavy atom. The fraction of sp³-hybridized carbons (Fsp3) is 0.625. The largest absolute Gasteiger partial charge is 0.382 e. The number of hydrogen-bond donors (Lipinski definition) is 1. The molecule has 0 aromatic carbocycles. The lowest BCUT2D eigenvalue weighted by molar-refractivity contribution is 0.411. The molecule has 0 radical (unpaired) electrons. The minimum Gasteiger partial charge on any atom is -0.382 e. The van der Waals surface area contributed by atoms with Gasteiger partial charge >= 0.3 is 0 Å². The van der Waals surface area contributed by atoms with Gasteiger partial charge in [-0.25, -0.2) is 4.98 Å². The van der Waals surface area contributed by atoms with Crippen molar-refractivity contribution < 1.29 is 0 Å². The number of nitrogen functional groups attached to an aromatic ring is 1. The van der Waals surface area contributed by atoms with Crippen LogP contribution in [0.25, 0.3) is 0 Å². The third kappa shape index (κ3) is 1.87. The molecule has 1 aliphatic heterocycles. The van der Waals surface area contributed by atoms with Gasteiger partial charge in [0.1, 0.15) is 14.6 Å². The first-order valence-corrected chi connectivity index (χ1v) is 5.88. The summed E-state index contributed by atoms with van der Waals surface area (Å²) in [7, 11) is 2.14. The van der Waals surface area contributed by atoms with Crippen molar-refractivity contribution >= 4 is 33.1 Å². The van der Waals surface area contributed by atoms with E-state index in [0.717, 1.165) is 10.3 Å². The van der Waals surface area contributed by atoms with Crippen molar-refractivity contribution in [1.82, 2.24) is 9.88 Å². The van der Waals surface area contributed by atoms with E-state index in [1.165, 1.54) is 18.0 Å². The van der Waals surface area contributed by atoms with Crippen molar-refractivity contribution in [3.05, 3.63) is 8.79 Å². The molecule has 1 fully saturated rings. The molecule has 0 aliphatic carbocycles. The molecule has 1 aromatic heterocycles. The maximum absolute atomic E-state index is 5.68. The highest BCUT2D eigenvalue weighted by Crippen LogP contribution is 2.34. The van der Waals surface area contributed by atoms with E-state index >= 15 is 0 Å². The second-order valence-corrected chi connectivity index (χ2v) is 5.81. The van der Waals surface area contributed by atoms with Crippen LogP contribution < -0.4 is 5.73 Å². The SMILES string of the molecule is CN1CCC(c2nc(N)c(Br)s2)C1. The number of aromatic nitrogens is 1. The Kier molecular flexibility index (Phi) is 2.58. The van der Waals surface area contributed by atoms with E-state index in [1.807, 2.05) is 0 Å². The Bertz CT molecular complexity index is 293. The van der Waals surface area contributed by atoms with Gasteiger partial charge in [0.25, 0.3) is 0 Å². The number of hydrogen-bond acceptors (Lipinski definition) is 4. The van der Waals surface area contributed by atoms with Crippen LogP contribution in [0.2, 0.25) is 0 Å². The van der Waals surface area contributed by atoms with Crippen LogP contribution in [0.5, 0.6) is 0 Å². The van der Waals surface area contributed by atoms with Gasteiger partial charge in [-0.05, 0) is 35.9 Å². The summed E-state index contributed by atoms with van der Waals surface area (Å²) in [6.07, 6.45) is 1.20. The molecule has 3 nitrogen and oxygen atoms in total. The van der Waals surface area contributed by atoms with E-state index in [0.29, 0.717) is 11.7 Å². The fourth-order valence-electron chi connectivity index (χ4n) is 1.64. The number of rotatable bonds is 1. The first-order valence-electron chi connectivity index (χ1n) is 4.27. The number of halogens is 1. The van der Waals surface area contributed by atoms with Gasteiger partial charge in [-0.1, -0.05) is 0 Å². The summed E-state index contributed by atoms with van der Waals surface area (Å²) in [5, 5.41) is 1.17. The van der Waals surface area contributed by atoms with Crippen molar-refractivity contribution in [2.75, 3.05) is 25.9 Å². The number of thiazole rings is 1. The zero-order valence-corrected chi connectivity index (χ0v) is 9.86. The number of likely N-dealkylation sites (N-methyl/N-ethyl adjacent to an activating group) is 1. The molecule has 1 atom stereocenters. The number of anilines is 1. The van der Waals surface area contributed by atoms with E-state index in [1.54, 1.807) is 11.3 Å². The zero-order valence-electron chi connectivity index (χ0n) is 7.46. The van der Waals surface area contributed by atoms with Crippen molar-refractivity contribution in [1.29, 1.82) is 0 Å². The van der Waals surface area contributed by atoms with Crippen molar-refractivity contribution in [2.45, 2.75) is 12.3 Å². The lowest BCUT2D eigenvalue weighted by Gasteiger charge is -2.06. The number of nitrogens with two attached hydrogens (primary N) is 1. The maximum Gasteiger partial charge on any atom is 0.149 e. The molecule has 0 saturated carbocycles. The fourth-order valence-corrected chi connectivity index (χ4v) is 3.06. The van der Waals surface area contributed by atoms with Crippen LogP contribution in [-0.4, -0.2) is 30.0 Å². The standard InChI is InChI=1S/C8H12BrN3S/c1-12-3-2-5(4-12)8-11-7(10)6(9)13-8/h5H,2-4,10H2,1H3. The van der Waals surface area contributed by atoms with Gasteiger partial charge in [0, 0.05) is 12.5 Å². The monoisotopic (exact) mass is 261 g/mol. The van der Waals surface area contributed by atoms with E-state index in [2.05, 4.69) is 32.9 Å². The van der Waals surface area contributed by atoms with Crippen molar-refractivity contribution in [2.24, 2.45) is 0 Å². The van der Waals surface area contributed by atoms with Gasteiger partial charge in [-0.15, -0.1) is 11.3 Å². The molecule has 72 valence electrons. The topological polar surface area (TPSA) is 42.2 Å². The van der Waals surface area contributed by atoms with Gasteiger partial charge in [0.05, 0.1) is 0 Å². The van der Waals surface area contributed by atoms with Gasteiger partial charge in [-0.3, -0.25) is 0 Å². The highest BCUT2D eigenvalue weighted by molar-refractivity contribution is 9.11.